The first kappa shape index (κ1) is 14.4. The van der Waals surface area contributed by atoms with Gasteiger partial charge in [-0.1, -0.05) is 6.92 Å². The van der Waals surface area contributed by atoms with Crippen LogP contribution in [0.15, 0.2) is 12.2 Å². The fraction of sp³-hybridized carbons (Fsp3) is 0.583. The van der Waals surface area contributed by atoms with Crippen molar-refractivity contribution in [2.45, 2.75) is 19.8 Å². The molecule has 3 amide bonds. The van der Waals surface area contributed by atoms with E-state index in [1.54, 1.807) is 0 Å². The lowest BCUT2D eigenvalue weighted by Crippen LogP contribution is -2.34. The maximum atomic E-state index is 11.2. The first-order valence-electron chi connectivity index (χ1n) is 6.03. The zero-order valence-corrected chi connectivity index (χ0v) is 10.5. The lowest BCUT2D eigenvalue weighted by atomic mass is 10.3. The van der Waals surface area contributed by atoms with E-state index in [1.165, 1.54) is 12.2 Å². The number of carbonyl (C=O) groups is 3. The molecule has 1 heterocycles. The molecule has 0 radical (unpaired) electrons. The van der Waals surface area contributed by atoms with Gasteiger partial charge in [0.25, 0.3) is 11.8 Å². The van der Waals surface area contributed by atoms with Gasteiger partial charge in [0.05, 0.1) is 19.8 Å². The van der Waals surface area contributed by atoms with Gasteiger partial charge in [-0.05, 0) is 6.42 Å². The molecular formula is C12H18N2O4. The number of ether oxygens (including phenoxy) is 1. The molecule has 0 atom stereocenters. The molecule has 0 aromatic heterocycles. The van der Waals surface area contributed by atoms with Crippen LogP contribution >= 0.6 is 0 Å². The molecule has 100 valence electrons. The van der Waals surface area contributed by atoms with Crippen molar-refractivity contribution in [2.75, 3.05) is 26.3 Å². The van der Waals surface area contributed by atoms with E-state index in [9.17, 15) is 14.4 Å². The van der Waals surface area contributed by atoms with E-state index in [0.29, 0.717) is 19.6 Å². The molecular weight excluding hydrogens is 236 g/mol. The van der Waals surface area contributed by atoms with Crippen LogP contribution < -0.4 is 5.32 Å². The predicted molar refractivity (Wildman–Crippen MR) is 64.6 cm³/mol. The lowest BCUT2D eigenvalue weighted by molar-refractivity contribution is -0.137. The van der Waals surface area contributed by atoms with Gasteiger partial charge in [-0.3, -0.25) is 19.3 Å². The van der Waals surface area contributed by atoms with Crippen molar-refractivity contribution < 1.29 is 19.1 Å². The predicted octanol–water partition coefficient (Wildman–Crippen LogP) is -0.156. The molecule has 18 heavy (non-hydrogen) atoms. The Morgan fingerprint density at radius 1 is 1.28 bits per heavy atom. The highest BCUT2D eigenvalue weighted by atomic mass is 16.5. The van der Waals surface area contributed by atoms with Crippen molar-refractivity contribution in [1.82, 2.24) is 10.2 Å². The molecule has 0 aromatic rings. The summed E-state index contributed by atoms with van der Waals surface area (Å²) in [6.45, 7) is 3.28. The minimum Gasteiger partial charge on any atom is -0.378 e. The molecule has 6 nitrogen and oxygen atoms in total. The first-order valence-corrected chi connectivity index (χ1v) is 6.03. The highest BCUT2D eigenvalue weighted by Gasteiger charge is 2.22. The molecule has 0 aromatic carbocycles. The summed E-state index contributed by atoms with van der Waals surface area (Å²) in [6, 6.07) is 0. The minimum atomic E-state index is -0.306. The number of imide groups is 1. The number of hydrogen-bond donors (Lipinski definition) is 1. The zero-order chi connectivity index (χ0) is 13.4. The average Bonchev–Trinajstić information content (AvgIpc) is 2.65. The van der Waals surface area contributed by atoms with E-state index in [-0.39, 0.29) is 30.9 Å². The van der Waals surface area contributed by atoms with E-state index in [1.807, 2.05) is 6.92 Å². The molecule has 0 saturated heterocycles. The van der Waals surface area contributed by atoms with Gasteiger partial charge in [-0.2, -0.15) is 0 Å². The number of rotatable bonds is 8. The molecule has 1 rings (SSSR count). The van der Waals surface area contributed by atoms with Crippen LogP contribution in [0.2, 0.25) is 0 Å². The number of amides is 3. The number of carbonyl (C=O) groups excluding carboxylic acids is 3. The van der Waals surface area contributed by atoms with Crippen molar-refractivity contribution in [3.8, 4) is 0 Å². The molecule has 1 aliphatic rings. The minimum absolute atomic E-state index is 0.00944. The van der Waals surface area contributed by atoms with Crippen LogP contribution in [0.25, 0.3) is 0 Å². The fourth-order valence-electron chi connectivity index (χ4n) is 1.49. The third-order valence-corrected chi connectivity index (χ3v) is 2.41. The number of nitrogens with one attached hydrogen (secondary N) is 1. The van der Waals surface area contributed by atoms with E-state index in [2.05, 4.69) is 5.32 Å². The lowest BCUT2D eigenvalue weighted by Gasteiger charge is -2.13. The zero-order valence-electron chi connectivity index (χ0n) is 10.5. The van der Waals surface area contributed by atoms with Gasteiger partial charge in [-0.25, -0.2) is 0 Å². The maximum Gasteiger partial charge on any atom is 0.253 e. The van der Waals surface area contributed by atoms with E-state index in [4.69, 9.17) is 4.74 Å². The Balaban J connectivity index is 2.01. The van der Waals surface area contributed by atoms with Crippen molar-refractivity contribution in [1.29, 1.82) is 0 Å². The highest BCUT2D eigenvalue weighted by molar-refractivity contribution is 6.12. The molecule has 0 bridgehead atoms. The Hall–Kier alpha value is -1.69. The molecule has 0 fully saturated rings. The Kier molecular flexibility index (Phi) is 6.07. The van der Waals surface area contributed by atoms with Gasteiger partial charge in [0.15, 0.2) is 0 Å². The van der Waals surface area contributed by atoms with Crippen LogP contribution in [0.1, 0.15) is 19.8 Å². The average molecular weight is 254 g/mol. The molecule has 1 aliphatic heterocycles. The first-order chi connectivity index (χ1) is 8.65. The fourth-order valence-corrected chi connectivity index (χ4v) is 1.49. The van der Waals surface area contributed by atoms with Crippen LogP contribution in [0.3, 0.4) is 0 Å². The van der Waals surface area contributed by atoms with E-state index in [0.717, 1.165) is 11.3 Å². The van der Waals surface area contributed by atoms with E-state index < -0.39 is 0 Å². The summed E-state index contributed by atoms with van der Waals surface area (Å²) in [5.41, 5.74) is 0. The smallest absolute Gasteiger partial charge is 0.253 e. The second-order valence-corrected chi connectivity index (χ2v) is 3.87. The summed E-state index contributed by atoms with van der Waals surface area (Å²) < 4.78 is 5.23. The van der Waals surface area contributed by atoms with E-state index >= 15 is 0 Å². The van der Waals surface area contributed by atoms with Crippen molar-refractivity contribution in [3.05, 3.63) is 12.2 Å². The van der Waals surface area contributed by atoms with Crippen molar-refractivity contribution in [2.24, 2.45) is 0 Å². The van der Waals surface area contributed by atoms with Crippen molar-refractivity contribution in [3.63, 3.8) is 0 Å². The van der Waals surface area contributed by atoms with Gasteiger partial charge in [0, 0.05) is 25.1 Å². The van der Waals surface area contributed by atoms with Gasteiger partial charge in [0.1, 0.15) is 0 Å². The number of nitrogens with zero attached hydrogens (tertiary/aromatic N) is 1. The third-order valence-electron chi connectivity index (χ3n) is 2.41. The van der Waals surface area contributed by atoms with Crippen LogP contribution in [0.4, 0.5) is 0 Å². The number of hydrogen-bond acceptors (Lipinski definition) is 4. The molecule has 0 aliphatic carbocycles. The SMILES string of the molecule is CCCC(=O)NCCOCCN1C(=O)C=CC1=O. The summed E-state index contributed by atoms with van der Waals surface area (Å²) in [6.07, 6.45) is 3.82. The normalized spacial score (nSPS) is 14.4. The molecule has 0 unspecified atom stereocenters. The molecule has 0 saturated carbocycles. The standard InChI is InChI=1S/C12H18N2O4/c1-2-3-10(15)13-6-8-18-9-7-14-11(16)4-5-12(14)17/h4-5H,2-3,6-9H2,1H3,(H,13,15). The highest BCUT2D eigenvalue weighted by Crippen LogP contribution is 2.02. The maximum absolute atomic E-state index is 11.2. The Morgan fingerprint density at radius 2 is 1.94 bits per heavy atom. The van der Waals surface area contributed by atoms with Crippen molar-refractivity contribution >= 4 is 17.7 Å². The monoisotopic (exact) mass is 254 g/mol. The summed E-state index contributed by atoms with van der Waals surface area (Å²) in [7, 11) is 0. The Labute approximate surface area is 106 Å². The van der Waals surface area contributed by atoms with Crippen LogP contribution in [-0.4, -0.2) is 48.9 Å². The van der Waals surface area contributed by atoms with Gasteiger partial charge >= 0.3 is 0 Å². The summed E-state index contributed by atoms with van der Waals surface area (Å²) in [4.78, 5) is 34.6. The summed E-state index contributed by atoms with van der Waals surface area (Å²) >= 11 is 0. The summed E-state index contributed by atoms with van der Waals surface area (Å²) in [5, 5.41) is 2.71. The third kappa shape index (κ3) is 4.67. The molecule has 1 N–H and O–H groups in total. The van der Waals surface area contributed by atoms with Gasteiger partial charge in [0.2, 0.25) is 5.91 Å². The van der Waals surface area contributed by atoms with Crippen LogP contribution in [0.5, 0.6) is 0 Å². The second-order valence-electron chi connectivity index (χ2n) is 3.87. The molecule has 6 heteroatoms. The quantitative estimate of drug-likeness (QED) is 0.482. The molecule has 0 spiro atoms. The summed E-state index contributed by atoms with van der Waals surface area (Å²) in [5.74, 6) is -0.602. The van der Waals surface area contributed by atoms with Crippen LogP contribution in [-0.2, 0) is 19.1 Å². The topological polar surface area (TPSA) is 75.7 Å². The second kappa shape index (κ2) is 7.60. The Bertz CT molecular complexity index is 334. The Morgan fingerprint density at radius 3 is 2.56 bits per heavy atom. The largest absolute Gasteiger partial charge is 0.378 e. The van der Waals surface area contributed by atoms with Gasteiger partial charge < -0.3 is 10.1 Å². The van der Waals surface area contributed by atoms with Gasteiger partial charge in [-0.15, -0.1) is 0 Å². The van der Waals surface area contributed by atoms with Crippen LogP contribution in [0, 0.1) is 0 Å².